The van der Waals surface area contributed by atoms with Gasteiger partial charge in [0.1, 0.15) is 0 Å². The fraction of sp³-hybridized carbons (Fsp3) is 0.571. The van der Waals surface area contributed by atoms with Gasteiger partial charge in [0.25, 0.3) is 0 Å². The molecule has 0 aliphatic heterocycles. The van der Waals surface area contributed by atoms with Crippen molar-refractivity contribution in [3.05, 3.63) is 35.9 Å². The monoisotopic (exact) mass is 270 g/mol. The minimum absolute atomic E-state index is 0.00644. The Hall–Kier alpha value is -0.660. The first kappa shape index (κ1) is 13.8. The molecule has 100 valence electrons. The lowest BCUT2D eigenvalue weighted by molar-refractivity contribution is 0.146. The molecule has 0 spiro atoms. The number of hydrogen-bond donors (Lipinski definition) is 0. The van der Waals surface area contributed by atoms with Gasteiger partial charge in [0.2, 0.25) is 0 Å². The summed E-state index contributed by atoms with van der Waals surface area (Å²) < 4.78 is 30.8. The Morgan fingerprint density at radius 1 is 1.17 bits per heavy atom. The normalized spacial score (nSPS) is 20.5. The summed E-state index contributed by atoms with van der Waals surface area (Å²) in [6, 6.07) is 9.55. The molecular formula is C14H20FO2P. The number of aryl methyl sites for hydroxylation is 1. The van der Waals surface area contributed by atoms with Gasteiger partial charge in [0.05, 0.1) is 12.3 Å². The van der Waals surface area contributed by atoms with E-state index < -0.39 is 7.68 Å². The maximum Gasteiger partial charge on any atom is 0.368 e. The fourth-order valence-corrected chi connectivity index (χ4v) is 3.64. The molecule has 18 heavy (non-hydrogen) atoms. The van der Waals surface area contributed by atoms with Crippen LogP contribution in [-0.2, 0) is 15.5 Å². The van der Waals surface area contributed by atoms with E-state index in [1.807, 2.05) is 30.3 Å². The van der Waals surface area contributed by atoms with Crippen molar-refractivity contribution in [1.29, 1.82) is 0 Å². The van der Waals surface area contributed by atoms with Crippen LogP contribution in [0.2, 0.25) is 0 Å². The van der Waals surface area contributed by atoms with Crippen molar-refractivity contribution in [3.8, 4) is 0 Å². The Balaban J connectivity index is 1.81. The highest BCUT2D eigenvalue weighted by atomic mass is 31.2. The zero-order chi connectivity index (χ0) is 12.8. The van der Waals surface area contributed by atoms with Crippen molar-refractivity contribution in [3.63, 3.8) is 0 Å². The van der Waals surface area contributed by atoms with E-state index >= 15 is 0 Å². The van der Waals surface area contributed by atoms with Crippen molar-refractivity contribution in [2.24, 2.45) is 0 Å². The quantitative estimate of drug-likeness (QED) is 0.722. The van der Waals surface area contributed by atoms with Gasteiger partial charge in [0, 0.05) is 0 Å². The van der Waals surface area contributed by atoms with Crippen LogP contribution in [0, 0.1) is 0 Å². The molecule has 0 saturated heterocycles. The second-order valence-electron chi connectivity index (χ2n) is 4.91. The number of benzene rings is 1. The molecule has 4 heteroatoms. The molecule has 1 saturated carbocycles. The zero-order valence-electron chi connectivity index (χ0n) is 10.6. The summed E-state index contributed by atoms with van der Waals surface area (Å²) in [4.78, 5) is 0. The maximum absolute atomic E-state index is 13.9. The first-order valence-corrected chi connectivity index (χ1v) is 8.37. The van der Waals surface area contributed by atoms with Gasteiger partial charge in [-0.3, -0.25) is 4.57 Å². The minimum atomic E-state index is -3.93. The summed E-state index contributed by atoms with van der Waals surface area (Å²) in [5.74, 6) is 0. The summed E-state index contributed by atoms with van der Waals surface area (Å²) in [6.07, 6.45) is 5.32. The predicted octanol–water partition coefficient (Wildman–Crippen LogP) is 4.74. The lowest BCUT2D eigenvalue weighted by Crippen LogP contribution is -2.15. The summed E-state index contributed by atoms with van der Waals surface area (Å²) in [5.41, 5.74) is 1.00. The van der Waals surface area contributed by atoms with E-state index in [1.54, 1.807) is 0 Å². The Kier molecular flexibility index (Phi) is 4.96. The Morgan fingerprint density at radius 2 is 1.83 bits per heavy atom. The van der Waals surface area contributed by atoms with E-state index in [0.29, 0.717) is 6.42 Å². The highest BCUT2D eigenvalue weighted by molar-refractivity contribution is 7.53. The number of hydrogen-bond acceptors (Lipinski definition) is 2. The van der Waals surface area contributed by atoms with Crippen LogP contribution in [0.5, 0.6) is 0 Å². The lowest BCUT2D eigenvalue weighted by Gasteiger charge is -2.23. The summed E-state index contributed by atoms with van der Waals surface area (Å²) >= 11 is 0. The third-order valence-electron chi connectivity index (χ3n) is 3.37. The lowest BCUT2D eigenvalue weighted by atomic mass is 9.98. The predicted molar refractivity (Wildman–Crippen MR) is 71.7 cm³/mol. The van der Waals surface area contributed by atoms with Crippen LogP contribution in [0.1, 0.15) is 37.7 Å². The van der Waals surface area contributed by atoms with Gasteiger partial charge in [-0.05, 0) is 24.8 Å². The summed E-state index contributed by atoms with van der Waals surface area (Å²) in [6.45, 7) is 0. The summed E-state index contributed by atoms with van der Waals surface area (Å²) in [7, 11) is -3.93. The Morgan fingerprint density at radius 3 is 2.50 bits per heavy atom. The molecule has 0 radical (unpaired) electrons. The molecule has 0 aromatic heterocycles. The molecule has 0 bridgehead atoms. The smallest absolute Gasteiger partial charge is 0.302 e. The molecule has 1 aliphatic carbocycles. The molecule has 0 N–H and O–H groups in total. The third kappa shape index (κ3) is 4.55. The van der Waals surface area contributed by atoms with Gasteiger partial charge in [0.15, 0.2) is 0 Å². The molecule has 1 aliphatic rings. The molecule has 2 rings (SSSR count). The Labute approximate surface area is 108 Å². The second-order valence-corrected chi connectivity index (χ2v) is 6.75. The third-order valence-corrected chi connectivity index (χ3v) is 4.74. The average molecular weight is 270 g/mol. The average Bonchev–Trinajstić information content (AvgIpc) is 2.38. The molecule has 0 heterocycles. The van der Waals surface area contributed by atoms with E-state index in [2.05, 4.69) is 0 Å². The van der Waals surface area contributed by atoms with Crippen molar-refractivity contribution >= 4 is 7.68 Å². The van der Waals surface area contributed by atoms with Crippen LogP contribution in [0.4, 0.5) is 4.20 Å². The van der Waals surface area contributed by atoms with Crippen LogP contribution in [0.15, 0.2) is 30.3 Å². The van der Waals surface area contributed by atoms with Crippen LogP contribution >= 0.6 is 7.68 Å². The number of rotatable bonds is 5. The highest BCUT2D eigenvalue weighted by Gasteiger charge is 2.27. The molecule has 2 nitrogen and oxygen atoms in total. The topological polar surface area (TPSA) is 26.3 Å². The van der Waals surface area contributed by atoms with Gasteiger partial charge < -0.3 is 4.52 Å². The summed E-state index contributed by atoms with van der Waals surface area (Å²) in [5, 5.41) is 0. The van der Waals surface area contributed by atoms with Gasteiger partial charge in [-0.2, -0.15) is 4.20 Å². The Bertz CT molecular complexity index is 402. The van der Waals surface area contributed by atoms with Crippen molar-refractivity contribution in [1.82, 2.24) is 0 Å². The zero-order valence-corrected chi connectivity index (χ0v) is 11.4. The first-order chi connectivity index (χ1) is 8.66. The van der Waals surface area contributed by atoms with E-state index in [1.165, 1.54) is 6.42 Å². The van der Waals surface area contributed by atoms with E-state index in [0.717, 1.165) is 31.2 Å². The van der Waals surface area contributed by atoms with E-state index in [9.17, 15) is 8.76 Å². The largest absolute Gasteiger partial charge is 0.368 e. The van der Waals surface area contributed by atoms with Crippen LogP contribution in [0.3, 0.4) is 0 Å². The second kappa shape index (κ2) is 6.49. The van der Waals surface area contributed by atoms with Gasteiger partial charge in [-0.15, -0.1) is 0 Å². The first-order valence-electron chi connectivity index (χ1n) is 6.67. The van der Waals surface area contributed by atoms with Crippen LogP contribution in [-0.4, -0.2) is 12.3 Å². The molecule has 0 amide bonds. The SMILES string of the molecule is O=[P@](F)(CCc1ccccc1)OC1CCCCC1. The van der Waals surface area contributed by atoms with Crippen LogP contribution in [0.25, 0.3) is 0 Å². The standard InChI is InChI=1S/C14H20FO2P/c15-18(16,17-14-9-5-2-6-10-14)12-11-13-7-3-1-4-8-13/h1,3-4,7-8,14H,2,5-6,9-12H2/t18-/m1/s1. The fourth-order valence-electron chi connectivity index (χ4n) is 2.35. The van der Waals surface area contributed by atoms with Gasteiger partial charge in [-0.25, -0.2) is 0 Å². The molecule has 1 aromatic rings. The van der Waals surface area contributed by atoms with Crippen LogP contribution < -0.4 is 0 Å². The number of halogens is 1. The van der Waals surface area contributed by atoms with Crippen molar-refractivity contribution in [2.45, 2.75) is 44.6 Å². The maximum atomic E-state index is 13.9. The molecular weight excluding hydrogens is 250 g/mol. The van der Waals surface area contributed by atoms with E-state index in [-0.39, 0.29) is 12.3 Å². The highest BCUT2D eigenvalue weighted by Crippen LogP contribution is 2.51. The molecule has 1 atom stereocenters. The molecule has 0 unspecified atom stereocenters. The molecule has 1 aromatic carbocycles. The van der Waals surface area contributed by atoms with E-state index in [4.69, 9.17) is 4.52 Å². The van der Waals surface area contributed by atoms with Gasteiger partial charge in [-0.1, -0.05) is 49.6 Å². The molecule has 1 fully saturated rings. The minimum Gasteiger partial charge on any atom is -0.302 e. The van der Waals surface area contributed by atoms with Crippen molar-refractivity contribution < 1.29 is 13.3 Å². The van der Waals surface area contributed by atoms with Gasteiger partial charge >= 0.3 is 7.68 Å². The van der Waals surface area contributed by atoms with Crippen molar-refractivity contribution in [2.75, 3.05) is 6.16 Å².